The molecule has 1 heterocycles. The van der Waals surface area contributed by atoms with Crippen molar-refractivity contribution in [3.8, 4) is 11.5 Å². The maximum Gasteiger partial charge on any atom is 0.165 e. The van der Waals surface area contributed by atoms with E-state index in [9.17, 15) is 0 Å². The van der Waals surface area contributed by atoms with Crippen LogP contribution in [0.4, 0.5) is 0 Å². The summed E-state index contributed by atoms with van der Waals surface area (Å²) in [7, 11) is 3.90. The highest BCUT2D eigenvalue weighted by Gasteiger charge is 2.36. The largest absolute Gasteiger partial charge is 0.493 e. The molecule has 0 spiro atoms. The molecule has 1 aliphatic heterocycles. The molecule has 2 N–H and O–H groups in total. The van der Waals surface area contributed by atoms with Crippen molar-refractivity contribution in [2.45, 2.75) is 56.5 Å². The van der Waals surface area contributed by atoms with E-state index >= 15 is 0 Å². The summed E-state index contributed by atoms with van der Waals surface area (Å²) in [6, 6.07) is 6.31. The van der Waals surface area contributed by atoms with Gasteiger partial charge in [-0.3, -0.25) is 0 Å². The van der Waals surface area contributed by atoms with Crippen molar-refractivity contribution in [1.82, 2.24) is 4.90 Å². The molecular weight excluding hydrogens is 300 g/mol. The number of rotatable bonds is 5. The minimum atomic E-state index is 0.0443. The maximum atomic E-state index is 6.54. The molecule has 1 aliphatic carbocycles. The minimum absolute atomic E-state index is 0.0443. The Hall–Kier alpha value is -1.26. The first-order chi connectivity index (χ1) is 11.7. The predicted octanol–water partition coefficient (Wildman–Crippen LogP) is 3.33. The van der Waals surface area contributed by atoms with Crippen LogP contribution >= 0.6 is 0 Å². The third-order valence-electron chi connectivity index (χ3n) is 5.84. The Balaban J connectivity index is 1.93. The van der Waals surface area contributed by atoms with Crippen molar-refractivity contribution in [3.63, 3.8) is 0 Å². The zero-order valence-electron chi connectivity index (χ0n) is 15.2. The van der Waals surface area contributed by atoms with Crippen LogP contribution in [0.1, 0.15) is 50.5 Å². The highest BCUT2D eigenvalue weighted by molar-refractivity contribution is 5.51. The van der Waals surface area contributed by atoms with Crippen molar-refractivity contribution in [3.05, 3.63) is 23.8 Å². The number of likely N-dealkylation sites (N-methyl/N-ethyl adjacent to an activating group) is 1. The van der Waals surface area contributed by atoms with E-state index in [1.54, 1.807) is 7.11 Å². The summed E-state index contributed by atoms with van der Waals surface area (Å²) in [6.45, 7) is 2.82. The lowest BCUT2D eigenvalue weighted by Gasteiger charge is -2.39. The highest BCUT2D eigenvalue weighted by atomic mass is 16.5. The molecule has 0 aromatic heterocycles. The summed E-state index contributed by atoms with van der Waals surface area (Å²) in [5.41, 5.74) is 7.59. The van der Waals surface area contributed by atoms with Crippen LogP contribution in [-0.2, 0) is 5.41 Å². The molecule has 24 heavy (non-hydrogen) atoms. The van der Waals surface area contributed by atoms with Gasteiger partial charge in [-0.2, -0.15) is 0 Å². The summed E-state index contributed by atoms with van der Waals surface area (Å²) in [6.07, 6.45) is 8.65. The molecular formula is C20H32N2O2. The molecule has 2 aliphatic rings. The average molecular weight is 332 g/mol. The van der Waals surface area contributed by atoms with Crippen LogP contribution in [0.2, 0.25) is 0 Å². The van der Waals surface area contributed by atoms with Gasteiger partial charge in [-0.15, -0.1) is 0 Å². The van der Waals surface area contributed by atoms with E-state index in [2.05, 4.69) is 24.1 Å². The molecule has 1 saturated carbocycles. The molecule has 3 rings (SSSR count). The lowest BCUT2D eigenvalue weighted by molar-refractivity contribution is 0.0979. The van der Waals surface area contributed by atoms with Crippen LogP contribution in [0, 0.1) is 0 Å². The number of likely N-dealkylation sites (tertiary alicyclic amines) is 1. The summed E-state index contributed by atoms with van der Waals surface area (Å²) < 4.78 is 12.2. The molecule has 1 atom stereocenters. The van der Waals surface area contributed by atoms with Crippen molar-refractivity contribution >= 4 is 0 Å². The zero-order valence-corrected chi connectivity index (χ0v) is 15.2. The van der Waals surface area contributed by atoms with E-state index in [1.165, 1.54) is 31.2 Å². The van der Waals surface area contributed by atoms with Crippen molar-refractivity contribution in [2.24, 2.45) is 5.73 Å². The number of hydrogen-bond donors (Lipinski definition) is 1. The normalized spacial score (nSPS) is 24.5. The smallest absolute Gasteiger partial charge is 0.165 e. The van der Waals surface area contributed by atoms with E-state index in [0.29, 0.717) is 6.54 Å². The van der Waals surface area contributed by atoms with Crippen LogP contribution in [-0.4, -0.2) is 44.8 Å². The monoisotopic (exact) mass is 332 g/mol. The molecule has 1 saturated heterocycles. The van der Waals surface area contributed by atoms with E-state index < -0.39 is 0 Å². The molecule has 1 aromatic rings. The molecule has 134 valence electrons. The van der Waals surface area contributed by atoms with Gasteiger partial charge in [0.05, 0.1) is 7.11 Å². The summed E-state index contributed by atoms with van der Waals surface area (Å²) in [4.78, 5) is 2.35. The quantitative estimate of drug-likeness (QED) is 0.898. The first kappa shape index (κ1) is 17.6. The number of hydrogen-bond acceptors (Lipinski definition) is 4. The van der Waals surface area contributed by atoms with Gasteiger partial charge in [0.25, 0.3) is 0 Å². The fourth-order valence-electron chi connectivity index (χ4n) is 4.41. The third-order valence-corrected chi connectivity index (χ3v) is 5.84. The van der Waals surface area contributed by atoms with E-state index in [-0.39, 0.29) is 11.5 Å². The number of nitrogens with two attached hydrogens (primary N) is 1. The number of para-hydroxylation sites is 1. The Morgan fingerprint density at radius 2 is 2.00 bits per heavy atom. The van der Waals surface area contributed by atoms with E-state index in [0.717, 1.165) is 43.9 Å². The van der Waals surface area contributed by atoms with Crippen molar-refractivity contribution in [2.75, 3.05) is 33.8 Å². The summed E-state index contributed by atoms with van der Waals surface area (Å²) >= 11 is 0. The number of benzene rings is 1. The number of ether oxygens (including phenoxy) is 2. The van der Waals surface area contributed by atoms with Gasteiger partial charge >= 0.3 is 0 Å². The summed E-state index contributed by atoms with van der Waals surface area (Å²) in [5, 5.41) is 0. The number of methoxy groups -OCH3 is 1. The molecule has 1 aromatic carbocycles. The second-order valence-electron chi connectivity index (χ2n) is 7.53. The first-order valence-corrected chi connectivity index (χ1v) is 9.41. The molecule has 0 amide bonds. The third kappa shape index (κ3) is 3.55. The van der Waals surface area contributed by atoms with Crippen molar-refractivity contribution in [1.29, 1.82) is 0 Å². The highest BCUT2D eigenvalue weighted by Crippen LogP contribution is 2.46. The van der Waals surface area contributed by atoms with E-state index in [4.69, 9.17) is 15.2 Å². The van der Waals surface area contributed by atoms with Crippen LogP contribution in [0.25, 0.3) is 0 Å². The molecule has 2 fully saturated rings. The van der Waals surface area contributed by atoms with Gasteiger partial charge in [-0.1, -0.05) is 31.4 Å². The second-order valence-corrected chi connectivity index (χ2v) is 7.53. The van der Waals surface area contributed by atoms with Gasteiger partial charge in [0, 0.05) is 24.1 Å². The average Bonchev–Trinajstić information content (AvgIpc) is 2.62. The van der Waals surface area contributed by atoms with Crippen LogP contribution < -0.4 is 15.2 Å². The van der Waals surface area contributed by atoms with Gasteiger partial charge in [0.2, 0.25) is 0 Å². The number of piperidine rings is 1. The summed E-state index contributed by atoms with van der Waals surface area (Å²) in [5.74, 6) is 1.78. The Morgan fingerprint density at radius 1 is 1.21 bits per heavy atom. The van der Waals surface area contributed by atoms with Crippen LogP contribution in [0.3, 0.4) is 0 Å². The lowest BCUT2D eigenvalue weighted by Crippen LogP contribution is -2.40. The molecule has 1 unspecified atom stereocenters. The predicted molar refractivity (Wildman–Crippen MR) is 98.0 cm³/mol. The molecule has 0 radical (unpaired) electrons. The Morgan fingerprint density at radius 3 is 2.67 bits per heavy atom. The Bertz CT molecular complexity index is 540. The lowest BCUT2D eigenvalue weighted by atomic mass is 9.69. The van der Waals surface area contributed by atoms with Gasteiger partial charge in [0.15, 0.2) is 11.5 Å². The SMILES string of the molecule is COc1cccc(C2(CN)CCCCC2)c1OC1CCCN(C)C1. The first-order valence-electron chi connectivity index (χ1n) is 9.41. The van der Waals surface area contributed by atoms with Gasteiger partial charge in [-0.05, 0) is 45.3 Å². The standard InChI is InChI=1S/C20H32N2O2/c1-22-13-7-8-16(14-22)24-19-17(9-6-10-18(19)23-2)20(15-21)11-4-3-5-12-20/h6,9-10,16H,3-5,7-8,11-15,21H2,1-2H3. The molecule has 4 nitrogen and oxygen atoms in total. The maximum absolute atomic E-state index is 6.54. The van der Waals surface area contributed by atoms with Crippen LogP contribution in [0.15, 0.2) is 18.2 Å². The van der Waals surface area contributed by atoms with E-state index in [1.807, 2.05) is 6.07 Å². The van der Waals surface area contributed by atoms with Gasteiger partial charge in [-0.25, -0.2) is 0 Å². The fourth-order valence-corrected chi connectivity index (χ4v) is 4.41. The second kappa shape index (κ2) is 7.75. The molecule has 4 heteroatoms. The van der Waals surface area contributed by atoms with Crippen molar-refractivity contribution < 1.29 is 9.47 Å². The zero-order chi connectivity index (χ0) is 17.0. The van der Waals surface area contributed by atoms with Gasteiger partial charge in [0.1, 0.15) is 6.10 Å². The molecule has 0 bridgehead atoms. The Labute approximate surface area is 146 Å². The minimum Gasteiger partial charge on any atom is -0.493 e. The fraction of sp³-hybridized carbons (Fsp3) is 0.700. The van der Waals surface area contributed by atoms with Gasteiger partial charge < -0.3 is 20.1 Å². The number of nitrogens with zero attached hydrogens (tertiary/aromatic N) is 1. The van der Waals surface area contributed by atoms with Crippen LogP contribution in [0.5, 0.6) is 11.5 Å². The topological polar surface area (TPSA) is 47.7 Å². The Kier molecular flexibility index (Phi) is 5.67.